The summed E-state index contributed by atoms with van der Waals surface area (Å²) >= 11 is 0. The molecule has 2 aromatic carbocycles. The largest absolute Gasteiger partial charge is 0.452 e. The number of likely N-dealkylation sites (N-methyl/N-ethyl adjacent to an activating group) is 1. The van der Waals surface area contributed by atoms with Crippen molar-refractivity contribution in [1.29, 1.82) is 0 Å². The summed E-state index contributed by atoms with van der Waals surface area (Å²) in [7, 11) is 0. The Morgan fingerprint density at radius 2 is 1.87 bits per heavy atom. The fraction of sp³-hybridized carbons (Fsp3) is 0.333. The topological polar surface area (TPSA) is 102 Å². The van der Waals surface area contributed by atoms with E-state index in [1.54, 1.807) is 12.1 Å². The number of esters is 1. The van der Waals surface area contributed by atoms with Gasteiger partial charge in [0, 0.05) is 31.4 Å². The number of benzene rings is 2. The molecular weight excluding hydrogens is 390 g/mol. The lowest BCUT2D eigenvalue weighted by Crippen LogP contribution is -2.36. The number of carbonyl (C=O) groups excluding carboxylic acids is 2. The van der Waals surface area contributed by atoms with Gasteiger partial charge in [-0.05, 0) is 31.2 Å². The molecule has 0 spiro atoms. The van der Waals surface area contributed by atoms with E-state index < -0.39 is 17.5 Å². The average molecular weight is 413 g/mol. The third-order valence-electron chi connectivity index (χ3n) is 4.77. The molecule has 0 unspecified atom stereocenters. The monoisotopic (exact) mass is 413 g/mol. The number of anilines is 2. The predicted molar refractivity (Wildman–Crippen MR) is 111 cm³/mol. The molecule has 1 heterocycles. The van der Waals surface area contributed by atoms with Gasteiger partial charge in [-0.25, -0.2) is 4.79 Å². The van der Waals surface area contributed by atoms with Crippen LogP contribution in [-0.4, -0.2) is 56.3 Å². The van der Waals surface area contributed by atoms with Crippen molar-refractivity contribution in [3.8, 4) is 0 Å². The fourth-order valence-corrected chi connectivity index (χ4v) is 3.27. The van der Waals surface area contributed by atoms with Crippen LogP contribution in [0, 0.1) is 10.1 Å². The molecule has 0 atom stereocenters. The Labute approximate surface area is 173 Å². The molecule has 0 bridgehead atoms. The van der Waals surface area contributed by atoms with E-state index in [1.807, 2.05) is 30.0 Å². The van der Waals surface area contributed by atoms with Crippen LogP contribution in [0.15, 0.2) is 48.5 Å². The maximum atomic E-state index is 12.5. The van der Waals surface area contributed by atoms with Crippen LogP contribution in [0.4, 0.5) is 17.1 Å². The Hall–Kier alpha value is -3.46. The number of ether oxygens (including phenoxy) is 2. The Bertz CT molecular complexity index is 912. The van der Waals surface area contributed by atoms with Gasteiger partial charge < -0.3 is 19.3 Å². The second kappa shape index (κ2) is 9.84. The maximum absolute atomic E-state index is 12.5. The number of hydrogen-bond donors (Lipinski definition) is 0. The van der Waals surface area contributed by atoms with E-state index >= 15 is 0 Å². The number of nitrogens with zero attached hydrogens (tertiary/aromatic N) is 3. The lowest BCUT2D eigenvalue weighted by Gasteiger charge is -2.28. The van der Waals surface area contributed by atoms with Crippen LogP contribution in [0.1, 0.15) is 17.3 Å². The number of hydrogen-bond acceptors (Lipinski definition) is 7. The number of nitro benzene ring substituents is 1. The highest BCUT2D eigenvalue weighted by Gasteiger charge is 2.24. The van der Waals surface area contributed by atoms with Gasteiger partial charge in [0.25, 0.3) is 11.6 Å². The normalized spacial score (nSPS) is 13.6. The zero-order chi connectivity index (χ0) is 21.5. The first-order valence-corrected chi connectivity index (χ1v) is 9.65. The summed E-state index contributed by atoms with van der Waals surface area (Å²) in [6.45, 7) is 3.81. The minimum Gasteiger partial charge on any atom is -0.452 e. The summed E-state index contributed by atoms with van der Waals surface area (Å²) < 4.78 is 10.4. The van der Waals surface area contributed by atoms with E-state index in [0.29, 0.717) is 44.2 Å². The van der Waals surface area contributed by atoms with Crippen molar-refractivity contribution >= 4 is 28.9 Å². The number of para-hydroxylation sites is 1. The standard InChI is InChI=1S/C21H23N3O6/c1-2-23(17-6-4-3-5-7-17)20(25)15-30-21(26)16-8-9-18(19(14-16)24(27)28)22-10-12-29-13-11-22/h3-9,14H,2,10-13,15H2,1H3. The molecular formula is C21H23N3O6. The molecule has 1 amide bonds. The van der Waals surface area contributed by atoms with Crippen LogP contribution in [0.2, 0.25) is 0 Å². The van der Waals surface area contributed by atoms with Gasteiger partial charge >= 0.3 is 5.97 Å². The molecule has 0 radical (unpaired) electrons. The van der Waals surface area contributed by atoms with Gasteiger partial charge in [-0.15, -0.1) is 0 Å². The highest BCUT2D eigenvalue weighted by molar-refractivity contribution is 5.97. The zero-order valence-corrected chi connectivity index (χ0v) is 16.7. The summed E-state index contributed by atoms with van der Waals surface area (Å²) in [6.07, 6.45) is 0. The Balaban J connectivity index is 1.69. The maximum Gasteiger partial charge on any atom is 0.338 e. The summed E-state index contributed by atoms with van der Waals surface area (Å²) in [6, 6.07) is 13.2. The lowest BCUT2D eigenvalue weighted by molar-refractivity contribution is -0.384. The van der Waals surface area contributed by atoms with Crippen molar-refractivity contribution in [2.45, 2.75) is 6.92 Å². The highest BCUT2D eigenvalue weighted by atomic mass is 16.6. The SMILES string of the molecule is CCN(C(=O)COC(=O)c1ccc(N2CCOCC2)c([N+](=O)[O-])c1)c1ccccc1. The number of rotatable bonds is 7. The van der Waals surface area contributed by atoms with Crippen LogP contribution in [0.3, 0.4) is 0 Å². The first kappa shape index (κ1) is 21.3. The molecule has 9 nitrogen and oxygen atoms in total. The molecule has 0 aromatic heterocycles. The second-order valence-electron chi connectivity index (χ2n) is 6.61. The summed E-state index contributed by atoms with van der Waals surface area (Å²) in [5.41, 5.74) is 0.968. The van der Waals surface area contributed by atoms with E-state index in [2.05, 4.69) is 0 Å². The molecule has 3 rings (SSSR count). The third-order valence-corrected chi connectivity index (χ3v) is 4.77. The van der Waals surface area contributed by atoms with Crippen molar-refractivity contribution in [1.82, 2.24) is 0 Å². The molecule has 158 valence electrons. The molecule has 1 fully saturated rings. The number of carbonyl (C=O) groups is 2. The van der Waals surface area contributed by atoms with Crippen LogP contribution in [0.25, 0.3) is 0 Å². The predicted octanol–water partition coefficient (Wildman–Crippen LogP) is 2.64. The highest BCUT2D eigenvalue weighted by Crippen LogP contribution is 2.30. The summed E-state index contributed by atoms with van der Waals surface area (Å²) in [5, 5.41) is 11.5. The van der Waals surface area contributed by atoms with Crippen LogP contribution in [0.5, 0.6) is 0 Å². The van der Waals surface area contributed by atoms with Gasteiger partial charge in [0.05, 0.1) is 23.7 Å². The van der Waals surface area contributed by atoms with Gasteiger partial charge in [0.1, 0.15) is 5.69 Å². The first-order valence-electron chi connectivity index (χ1n) is 9.65. The molecule has 9 heteroatoms. The van der Waals surface area contributed by atoms with E-state index in [0.717, 1.165) is 0 Å². The van der Waals surface area contributed by atoms with Crippen LogP contribution in [-0.2, 0) is 14.3 Å². The van der Waals surface area contributed by atoms with Gasteiger partial charge in [-0.3, -0.25) is 14.9 Å². The summed E-state index contributed by atoms with van der Waals surface area (Å²) in [4.78, 5) is 39.2. The minimum absolute atomic E-state index is 0.0225. The number of amides is 1. The van der Waals surface area contributed by atoms with E-state index in [-0.39, 0.29) is 17.2 Å². The average Bonchev–Trinajstić information content (AvgIpc) is 2.78. The molecule has 0 saturated carbocycles. The molecule has 0 aliphatic carbocycles. The van der Waals surface area contributed by atoms with Crippen molar-refractivity contribution in [3.05, 3.63) is 64.2 Å². The molecule has 1 aliphatic rings. The van der Waals surface area contributed by atoms with Gasteiger partial charge in [0.2, 0.25) is 0 Å². The smallest absolute Gasteiger partial charge is 0.338 e. The minimum atomic E-state index is -0.788. The second-order valence-corrected chi connectivity index (χ2v) is 6.61. The zero-order valence-electron chi connectivity index (χ0n) is 16.7. The van der Waals surface area contributed by atoms with E-state index in [4.69, 9.17) is 9.47 Å². The van der Waals surface area contributed by atoms with Crippen molar-refractivity contribution in [2.75, 3.05) is 49.3 Å². The Kier molecular flexibility index (Phi) is 6.97. The molecule has 0 N–H and O–H groups in total. The number of morpholine rings is 1. The van der Waals surface area contributed by atoms with Crippen molar-refractivity contribution in [3.63, 3.8) is 0 Å². The van der Waals surface area contributed by atoms with Crippen molar-refractivity contribution < 1.29 is 24.0 Å². The fourth-order valence-electron chi connectivity index (χ4n) is 3.27. The molecule has 2 aromatic rings. The van der Waals surface area contributed by atoms with Gasteiger partial charge in [-0.2, -0.15) is 0 Å². The van der Waals surface area contributed by atoms with Crippen molar-refractivity contribution in [2.24, 2.45) is 0 Å². The number of nitro groups is 1. The Morgan fingerprint density at radius 1 is 1.17 bits per heavy atom. The van der Waals surface area contributed by atoms with Gasteiger partial charge in [-0.1, -0.05) is 18.2 Å². The van der Waals surface area contributed by atoms with Crippen LogP contribution < -0.4 is 9.80 Å². The first-order chi connectivity index (χ1) is 14.5. The van der Waals surface area contributed by atoms with Crippen LogP contribution >= 0.6 is 0 Å². The lowest BCUT2D eigenvalue weighted by atomic mass is 10.1. The molecule has 1 saturated heterocycles. The van der Waals surface area contributed by atoms with E-state index in [1.165, 1.54) is 23.1 Å². The Morgan fingerprint density at radius 3 is 2.50 bits per heavy atom. The van der Waals surface area contributed by atoms with Gasteiger partial charge in [0.15, 0.2) is 6.61 Å². The third kappa shape index (κ3) is 4.93. The molecule has 1 aliphatic heterocycles. The van der Waals surface area contributed by atoms with E-state index in [9.17, 15) is 19.7 Å². The quantitative estimate of drug-likeness (QED) is 0.391. The molecule has 30 heavy (non-hydrogen) atoms. The summed E-state index contributed by atoms with van der Waals surface area (Å²) in [5.74, 6) is -1.17.